The third-order valence-electron chi connectivity index (χ3n) is 3.51. The number of likely N-dealkylation sites (tertiary alicyclic amines) is 1. The summed E-state index contributed by atoms with van der Waals surface area (Å²) in [6.07, 6.45) is 2.57. The van der Waals surface area contributed by atoms with Gasteiger partial charge in [-0.15, -0.1) is 0 Å². The van der Waals surface area contributed by atoms with Crippen molar-refractivity contribution in [3.05, 3.63) is 10.4 Å². The first kappa shape index (κ1) is 16.6. The smallest absolute Gasteiger partial charge is 0.410 e. The highest BCUT2D eigenvalue weighted by molar-refractivity contribution is 5.69. The van der Waals surface area contributed by atoms with Crippen LogP contribution in [0, 0.1) is 5.92 Å². The minimum atomic E-state index is -0.466. The van der Waals surface area contributed by atoms with Gasteiger partial charge in [-0.3, -0.25) is 0 Å². The third kappa shape index (κ3) is 4.93. The van der Waals surface area contributed by atoms with E-state index in [1.54, 1.807) is 0 Å². The van der Waals surface area contributed by atoms with Gasteiger partial charge in [-0.1, -0.05) is 5.11 Å². The van der Waals surface area contributed by atoms with E-state index in [0.717, 1.165) is 25.8 Å². The average molecular weight is 282 g/mol. The van der Waals surface area contributed by atoms with Gasteiger partial charge in [-0.05, 0) is 65.3 Å². The molecule has 1 fully saturated rings. The summed E-state index contributed by atoms with van der Waals surface area (Å²) < 4.78 is 5.47. The van der Waals surface area contributed by atoms with E-state index < -0.39 is 5.60 Å². The quantitative estimate of drug-likeness (QED) is 0.336. The summed E-state index contributed by atoms with van der Waals surface area (Å²) in [6, 6.07) is 0. The average Bonchev–Trinajstić information content (AvgIpc) is 2.58. The molecule has 0 bridgehead atoms. The van der Waals surface area contributed by atoms with Crippen LogP contribution >= 0.6 is 0 Å². The summed E-state index contributed by atoms with van der Waals surface area (Å²) in [5.41, 5.74) is 7.61. The molecule has 0 aromatic carbocycles. The number of nitrogens with zero attached hydrogens (tertiary/aromatic N) is 4. The van der Waals surface area contributed by atoms with Crippen LogP contribution in [-0.2, 0) is 4.74 Å². The molecule has 0 saturated carbocycles. The van der Waals surface area contributed by atoms with Gasteiger partial charge in [0.25, 0.3) is 0 Å². The van der Waals surface area contributed by atoms with Crippen molar-refractivity contribution >= 4 is 6.09 Å². The highest BCUT2D eigenvalue weighted by Crippen LogP contribution is 2.35. The fourth-order valence-corrected chi connectivity index (χ4v) is 2.71. The molecular formula is C14H26N4O2. The van der Waals surface area contributed by atoms with E-state index in [2.05, 4.69) is 23.9 Å². The monoisotopic (exact) mass is 282 g/mol. The molecule has 0 aliphatic carbocycles. The van der Waals surface area contributed by atoms with Crippen molar-refractivity contribution in [2.45, 2.75) is 65.0 Å². The molecule has 20 heavy (non-hydrogen) atoms. The molecule has 1 heterocycles. The maximum absolute atomic E-state index is 12.2. The second kappa shape index (κ2) is 6.35. The summed E-state index contributed by atoms with van der Waals surface area (Å²) in [4.78, 5) is 16.8. The number of hydrogen-bond acceptors (Lipinski definition) is 3. The molecule has 0 radical (unpaired) electrons. The molecule has 0 N–H and O–H groups in total. The summed E-state index contributed by atoms with van der Waals surface area (Å²) in [5, 5.41) is 3.55. The molecule has 1 rings (SSSR count). The number of carbonyl (C=O) groups is 1. The Hall–Kier alpha value is -1.42. The summed E-state index contributed by atoms with van der Waals surface area (Å²) in [5.74, 6) is 0.450. The standard InChI is InChI=1S/C14H26N4O2/c1-13(2,3)20-12(19)18-10-11(9-14(18,4)5)7-6-8-16-17-15/h11H,6-10H2,1-5H3. The Morgan fingerprint density at radius 1 is 1.50 bits per heavy atom. The van der Waals surface area contributed by atoms with Crippen molar-refractivity contribution in [3.8, 4) is 0 Å². The number of amides is 1. The van der Waals surface area contributed by atoms with E-state index in [4.69, 9.17) is 10.3 Å². The predicted octanol–water partition coefficient (Wildman–Crippen LogP) is 4.11. The fraction of sp³-hybridized carbons (Fsp3) is 0.929. The van der Waals surface area contributed by atoms with Crippen molar-refractivity contribution in [1.82, 2.24) is 4.90 Å². The van der Waals surface area contributed by atoms with E-state index in [1.807, 2.05) is 25.7 Å². The van der Waals surface area contributed by atoms with Gasteiger partial charge in [0.15, 0.2) is 0 Å². The Morgan fingerprint density at radius 3 is 2.70 bits per heavy atom. The van der Waals surface area contributed by atoms with Gasteiger partial charge in [0.1, 0.15) is 5.60 Å². The molecule has 0 aromatic heterocycles. The Balaban J connectivity index is 2.56. The highest BCUT2D eigenvalue weighted by atomic mass is 16.6. The first-order chi connectivity index (χ1) is 9.15. The molecule has 1 aliphatic heterocycles. The molecule has 1 atom stereocenters. The zero-order chi connectivity index (χ0) is 15.4. The predicted molar refractivity (Wildman–Crippen MR) is 78.4 cm³/mol. The van der Waals surface area contributed by atoms with Crippen molar-refractivity contribution in [2.75, 3.05) is 13.1 Å². The Bertz CT molecular complexity index is 394. The largest absolute Gasteiger partial charge is 0.444 e. The number of carbonyl (C=O) groups excluding carboxylic acids is 1. The first-order valence-corrected chi connectivity index (χ1v) is 7.17. The number of azide groups is 1. The van der Waals surface area contributed by atoms with E-state index >= 15 is 0 Å². The molecule has 1 amide bonds. The van der Waals surface area contributed by atoms with Gasteiger partial charge in [0.2, 0.25) is 0 Å². The van der Waals surface area contributed by atoms with Gasteiger partial charge in [0, 0.05) is 23.5 Å². The molecule has 0 spiro atoms. The first-order valence-electron chi connectivity index (χ1n) is 7.17. The molecule has 1 aliphatic rings. The number of rotatable bonds is 4. The topological polar surface area (TPSA) is 78.3 Å². The third-order valence-corrected chi connectivity index (χ3v) is 3.51. The van der Waals surface area contributed by atoms with E-state index in [0.29, 0.717) is 12.5 Å². The summed E-state index contributed by atoms with van der Waals surface area (Å²) >= 11 is 0. The van der Waals surface area contributed by atoms with Gasteiger partial charge >= 0.3 is 6.09 Å². The minimum absolute atomic E-state index is 0.175. The Morgan fingerprint density at radius 2 is 2.15 bits per heavy atom. The van der Waals surface area contributed by atoms with Crippen LogP contribution in [0.5, 0.6) is 0 Å². The van der Waals surface area contributed by atoms with Crippen molar-refractivity contribution in [1.29, 1.82) is 0 Å². The highest BCUT2D eigenvalue weighted by Gasteiger charge is 2.42. The van der Waals surface area contributed by atoms with E-state index in [-0.39, 0.29) is 11.6 Å². The van der Waals surface area contributed by atoms with Crippen LogP contribution in [0.3, 0.4) is 0 Å². The maximum Gasteiger partial charge on any atom is 0.410 e. The van der Waals surface area contributed by atoms with Crippen LogP contribution in [0.2, 0.25) is 0 Å². The number of hydrogen-bond donors (Lipinski definition) is 0. The molecule has 6 nitrogen and oxygen atoms in total. The number of ether oxygens (including phenoxy) is 1. The molecule has 1 saturated heterocycles. The minimum Gasteiger partial charge on any atom is -0.444 e. The van der Waals surface area contributed by atoms with Crippen LogP contribution in [0.1, 0.15) is 53.9 Å². The zero-order valence-corrected chi connectivity index (χ0v) is 13.2. The Kier molecular flexibility index (Phi) is 5.28. The molecular weight excluding hydrogens is 256 g/mol. The van der Waals surface area contributed by atoms with Gasteiger partial charge in [0.05, 0.1) is 0 Å². The van der Waals surface area contributed by atoms with E-state index in [1.165, 1.54) is 0 Å². The summed E-state index contributed by atoms with van der Waals surface area (Å²) in [6.45, 7) is 11.0. The van der Waals surface area contributed by atoms with Crippen LogP contribution in [0.15, 0.2) is 5.11 Å². The lowest BCUT2D eigenvalue weighted by Gasteiger charge is -2.33. The van der Waals surface area contributed by atoms with Gasteiger partial charge in [-0.25, -0.2) is 4.79 Å². The van der Waals surface area contributed by atoms with Gasteiger partial charge in [-0.2, -0.15) is 0 Å². The van der Waals surface area contributed by atoms with Crippen molar-refractivity contribution < 1.29 is 9.53 Å². The molecule has 114 valence electrons. The SMILES string of the molecule is CC(C)(C)OC(=O)N1CC(CCCN=[N+]=[N-])CC1(C)C. The Labute approximate surface area is 121 Å². The van der Waals surface area contributed by atoms with E-state index in [9.17, 15) is 4.79 Å². The molecule has 1 unspecified atom stereocenters. The summed E-state index contributed by atoms with van der Waals surface area (Å²) in [7, 11) is 0. The fourth-order valence-electron chi connectivity index (χ4n) is 2.71. The normalized spacial score (nSPS) is 21.4. The molecule has 6 heteroatoms. The maximum atomic E-state index is 12.2. The van der Waals surface area contributed by atoms with Crippen LogP contribution < -0.4 is 0 Å². The molecule has 0 aromatic rings. The lowest BCUT2D eigenvalue weighted by Crippen LogP contribution is -2.45. The lowest BCUT2D eigenvalue weighted by molar-refractivity contribution is 0.0131. The van der Waals surface area contributed by atoms with Crippen molar-refractivity contribution in [3.63, 3.8) is 0 Å². The van der Waals surface area contributed by atoms with Gasteiger partial charge < -0.3 is 9.64 Å². The van der Waals surface area contributed by atoms with Crippen LogP contribution in [0.4, 0.5) is 4.79 Å². The van der Waals surface area contributed by atoms with Crippen LogP contribution in [0.25, 0.3) is 10.4 Å². The van der Waals surface area contributed by atoms with Crippen molar-refractivity contribution in [2.24, 2.45) is 11.0 Å². The lowest BCUT2D eigenvalue weighted by atomic mass is 9.93. The second-order valence-electron chi connectivity index (χ2n) is 7.07. The zero-order valence-electron chi connectivity index (χ0n) is 13.2. The second-order valence-corrected chi connectivity index (χ2v) is 7.07. The van der Waals surface area contributed by atoms with Crippen LogP contribution in [-0.4, -0.2) is 35.2 Å².